The van der Waals surface area contributed by atoms with Crippen LogP contribution in [0.2, 0.25) is 0 Å². The summed E-state index contributed by atoms with van der Waals surface area (Å²) < 4.78 is 44.7. The Hall–Kier alpha value is -2.49. The van der Waals surface area contributed by atoms with Crippen molar-refractivity contribution in [2.24, 2.45) is 0 Å². The molecule has 0 N–H and O–H groups in total. The molecule has 6 nitrogen and oxygen atoms in total. The Morgan fingerprint density at radius 2 is 1.76 bits per heavy atom. The zero-order valence-electron chi connectivity index (χ0n) is 23.0. The average Bonchev–Trinajstić information content (AvgIpc) is 2.87. The maximum absolute atomic E-state index is 13.3. The first-order valence-electron chi connectivity index (χ1n) is 13.3. The number of pyridine rings is 1. The highest BCUT2D eigenvalue weighted by molar-refractivity contribution is 5.96. The molecule has 38 heavy (non-hydrogen) atoms. The Morgan fingerprint density at radius 1 is 1.11 bits per heavy atom. The van der Waals surface area contributed by atoms with E-state index in [1.165, 1.54) is 0 Å². The zero-order chi connectivity index (χ0) is 27.7. The Morgan fingerprint density at radius 3 is 2.32 bits per heavy atom. The summed E-state index contributed by atoms with van der Waals surface area (Å²) in [5.41, 5.74) is 2.62. The molecule has 2 aliphatic heterocycles. The molecular formula is C29H39F3N4O2. The van der Waals surface area contributed by atoms with Crippen molar-refractivity contribution >= 4 is 5.91 Å². The Kier molecular flexibility index (Phi) is 8.49. The molecule has 1 aromatic heterocycles. The molecule has 2 aliphatic rings. The number of amides is 1. The molecule has 2 fully saturated rings. The van der Waals surface area contributed by atoms with Crippen molar-refractivity contribution in [1.82, 2.24) is 19.7 Å². The van der Waals surface area contributed by atoms with Crippen molar-refractivity contribution in [3.63, 3.8) is 0 Å². The number of alkyl halides is 3. The van der Waals surface area contributed by atoms with Gasteiger partial charge in [-0.15, -0.1) is 0 Å². The molecular weight excluding hydrogens is 493 g/mol. The molecule has 2 unspecified atom stereocenters. The fourth-order valence-corrected chi connectivity index (χ4v) is 6.04. The van der Waals surface area contributed by atoms with E-state index in [-0.39, 0.29) is 23.5 Å². The fourth-order valence-electron chi connectivity index (χ4n) is 6.04. The number of carbonyl (C=O) groups excluding carboxylic acids is 1. The predicted molar refractivity (Wildman–Crippen MR) is 141 cm³/mol. The van der Waals surface area contributed by atoms with E-state index in [4.69, 9.17) is 4.74 Å². The van der Waals surface area contributed by atoms with Gasteiger partial charge in [-0.25, -0.2) is 0 Å². The van der Waals surface area contributed by atoms with Crippen LogP contribution in [0.15, 0.2) is 36.5 Å². The summed E-state index contributed by atoms with van der Waals surface area (Å²) in [5.74, 6) is 0.0623. The van der Waals surface area contributed by atoms with Gasteiger partial charge in [0.15, 0.2) is 0 Å². The van der Waals surface area contributed by atoms with Crippen molar-refractivity contribution in [2.75, 3.05) is 46.4 Å². The molecule has 2 atom stereocenters. The number of halogens is 3. The lowest BCUT2D eigenvalue weighted by molar-refractivity contribution is -0.137. The van der Waals surface area contributed by atoms with Crippen LogP contribution < -0.4 is 0 Å². The van der Waals surface area contributed by atoms with Crippen LogP contribution in [0.5, 0.6) is 0 Å². The minimum atomic E-state index is -4.35. The quantitative estimate of drug-likeness (QED) is 0.518. The number of hydrogen-bond acceptors (Lipinski definition) is 5. The molecule has 0 radical (unpaired) electrons. The number of nitrogens with zero attached hydrogens (tertiary/aromatic N) is 4. The summed E-state index contributed by atoms with van der Waals surface area (Å²) in [6.07, 6.45) is -0.821. The van der Waals surface area contributed by atoms with E-state index >= 15 is 0 Å². The number of piperazine rings is 1. The van der Waals surface area contributed by atoms with Crippen LogP contribution in [0, 0.1) is 13.8 Å². The second-order valence-electron chi connectivity index (χ2n) is 11.0. The standard InChI is InChI=1S/C29H39F3N4O2/c1-20-10-13-33-22(3)26(20)27(37)34-14-11-28(4,12-15-34)35-16-17-36(21(2)18-35)25(19-38-5)23-6-8-24(9-7-23)29(30,31)32/h6-10,13,21,25H,11-12,14-19H2,1-5H3. The van der Waals surface area contributed by atoms with Gasteiger partial charge in [0.2, 0.25) is 0 Å². The van der Waals surface area contributed by atoms with Gasteiger partial charge < -0.3 is 9.64 Å². The molecule has 3 heterocycles. The van der Waals surface area contributed by atoms with E-state index < -0.39 is 11.7 Å². The predicted octanol–water partition coefficient (Wildman–Crippen LogP) is 5.11. The normalized spacial score (nSPS) is 21.9. The number of hydrogen-bond donors (Lipinski definition) is 0. The number of rotatable bonds is 6. The highest BCUT2D eigenvalue weighted by Crippen LogP contribution is 2.35. The van der Waals surface area contributed by atoms with Gasteiger partial charge in [0, 0.05) is 57.6 Å². The minimum Gasteiger partial charge on any atom is -0.383 e. The number of methoxy groups -OCH3 is 1. The highest BCUT2D eigenvalue weighted by Gasteiger charge is 2.41. The van der Waals surface area contributed by atoms with Gasteiger partial charge in [-0.3, -0.25) is 19.6 Å². The minimum absolute atomic E-state index is 0.0126. The second-order valence-corrected chi connectivity index (χ2v) is 11.0. The topological polar surface area (TPSA) is 48.9 Å². The fraction of sp³-hybridized carbons (Fsp3) is 0.586. The SMILES string of the molecule is COCC(c1ccc(C(F)(F)F)cc1)N1CCN(C2(C)CCN(C(=O)c3c(C)ccnc3C)CC2)CC1C. The van der Waals surface area contributed by atoms with Crippen molar-refractivity contribution in [1.29, 1.82) is 0 Å². The van der Waals surface area contributed by atoms with Crippen LogP contribution in [0.3, 0.4) is 0 Å². The van der Waals surface area contributed by atoms with E-state index in [0.717, 1.165) is 61.4 Å². The lowest BCUT2D eigenvalue weighted by atomic mass is 9.86. The number of benzene rings is 1. The summed E-state index contributed by atoms with van der Waals surface area (Å²) in [6.45, 7) is 12.6. The number of likely N-dealkylation sites (tertiary alicyclic amines) is 1. The van der Waals surface area contributed by atoms with Gasteiger partial charge in [0.1, 0.15) is 0 Å². The van der Waals surface area contributed by atoms with Gasteiger partial charge in [-0.2, -0.15) is 13.2 Å². The summed E-state index contributed by atoms with van der Waals surface area (Å²) in [7, 11) is 1.63. The maximum atomic E-state index is 13.3. The molecule has 0 aliphatic carbocycles. The van der Waals surface area contributed by atoms with Gasteiger partial charge in [-0.1, -0.05) is 12.1 Å². The van der Waals surface area contributed by atoms with E-state index in [1.807, 2.05) is 24.8 Å². The van der Waals surface area contributed by atoms with Gasteiger partial charge in [-0.05, 0) is 69.9 Å². The van der Waals surface area contributed by atoms with E-state index in [9.17, 15) is 18.0 Å². The monoisotopic (exact) mass is 532 g/mol. The molecule has 0 saturated carbocycles. The van der Waals surface area contributed by atoms with Crippen LogP contribution in [0.1, 0.15) is 65.5 Å². The molecule has 1 aromatic carbocycles. The summed E-state index contributed by atoms with van der Waals surface area (Å²) in [6, 6.07) is 7.43. The van der Waals surface area contributed by atoms with Crippen LogP contribution in [-0.2, 0) is 10.9 Å². The Bertz CT molecular complexity index is 1090. The van der Waals surface area contributed by atoms with Crippen molar-refractivity contribution in [3.05, 3.63) is 64.5 Å². The number of carbonyl (C=O) groups is 1. The lowest BCUT2D eigenvalue weighted by Gasteiger charge is -2.52. The molecule has 0 bridgehead atoms. The number of piperidine rings is 1. The molecule has 4 rings (SSSR count). The first-order valence-corrected chi connectivity index (χ1v) is 13.3. The van der Waals surface area contributed by atoms with Gasteiger partial charge in [0.25, 0.3) is 5.91 Å². The van der Waals surface area contributed by atoms with Crippen LogP contribution in [0.25, 0.3) is 0 Å². The van der Waals surface area contributed by atoms with Crippen molar-refractivity contribution < 1.29 is 22.7 Å². The summed E-state index contributed by atoms with van der Waals surface area (Å²) >= 11 is 0. The van der Waals surface area contributed by atoms with Crippen molar-refractivity contribution in [2.45, 2.75) is 64.3 Å². The average molecular weight is 533 g/mol. The molecule has 9 heteroatoms. The van der Waals surface area contributed by atoms with Crippen LogP contribution in [-0.4, -0.2) is 83.6 Å². The molecule has 2 aromatic rings. The van der Waals surface area contributed by atoms with Crippen LogP contribution in [0.4, 0.5) is 13.2 Å². The van der Waals surface area contributed by atoms with E-state index in [2.05, 4.69) is 28.6 Å². The summed E-state index contributed by atoms with van der Waals surface area (Å²) in [4.78, 5) is 24.4. The zero-order valence-corrected chi connectivity index (χ0v) is 23.0. The first kappa shape index (κ1) is 28.5. The Labute approximate surface area is 223 Å². The third kappa shape index (κ3) is 5.90. The molecule has 1 amide bonds. The third-order valence-electron chi connectivity index (χ3n) is 8.48. The summed E-state index contributed by atoms with van der Waals surface area (Å²) in [5, 5.41) is 0. The number of aromatic nitrogens is 1. The highest BCUT2D eigenvalue weighted by atomic mass is 19.4. The maximum Gasteiger partial charge on any atom is 0.416 e. The smallest absolute Gasteiger partial charge is 0.383 e. The van der Waals surface area contributed by atoms with Gasteiger partial charge in [0.05, 0.1) is 29.5 Å². The number of aryl methyl sites for hydroxylation is 2. The Balaban J connectivity index is 1.40. The van der Waals surface area contributed by atoms with E-state index in [0.29, 0.717) is 25.3 Å². The third-order valence-corrected chi connectivity index (χ3v) is 8.48. The second kappa shape index (κ2) is 11.3. The first-order chi connectivity index (χ1) is 17.9. The van der Waals surface area contributed by atoms with Crippen LogP contribution >= 0.6 is 0 Å². The largest absolute Gasteiger partial charge is 0.416 e. The lowest BCUT2D eigenvalue weighted by Crippen LogP contribution is -2.62. The molecule has 208 valence electrons. The van der Waals surface area contributed by atoms with Crippen molar-refractivity contribution in [3.8, 4) is 0 Å². The molecule has 2 saturated heterocycles. The van der Waals surface area contributed by atoms with E-state index in [1.54, 1.807) is 25.4 Å². The number of ether oxygens (including phenoxy) is 1. The molecule has 0 spiro atoms. The van der Waals surface area contributed by atoms with Gasteiger partial charge >= 0.3 is 6.18 Å².